The van der Waals surface area contributed by atoms with Crippen LogP contribution >= 0.6 is 11.8 Å². The summed E-state index contributed by atoms with van der Waals surface area (Å²) in [5, 5.41) is 11.8. The third-order valence-electron chi connectivity index (χ3n) is 2.40. The number of piperidine rings is 1. The summed E-state index contributed by atoms with van der Waals surface area (Å²) in [4.78, 5) is 2.45. The van der Waals surface area contributed by atoms with Crippen LogP contribution < -0.4 is 0 Å². The van der Waals surface area contributed by atoms with E-state index in [4.69, 9.17) is 5.21 Å². The first-order valence-electron chi connectivity index (χ1n) is 4.78. The normalized spacial score (nSPS) is 19.0. The maximum absolute atomic E-state index is 8.56. The number of likely N-dealkylation sites (tertiary alicyclic amines) is 1. The first-order chi connectivity index (χ1) is 6.36. The van der Waals surface area contributed by atoms with Gasteiger partial charge in [0.1, 0.15) is 0 Å². The Morgan fingerprint density at radius 1 is 1.46 bits per heavy atom. The zero-order valence-electron chi connectivity index (χ0n) is 8.20. The lowest BCUT2D eigenvalue weighted by molar-refractivity contribution is 0.264. The highest BCUT2D eigenvalue weighted by molar-refractivity contribution is 7.98. The Hall–Kier alpha value is -0.220. The average molecular weight is 202 g/mol. The Morgan fingerprint density at radius 3 is 2.69 bits per heavy atom. The van der Waals surface area contributed by atoms with E-state index >= 15 is 0 Å². The van der Waals surface area contributed by atoms with Crippen LogP contribution in [0.2, 0.25) is 0 Å². The average Bonchev–Trinajstić information content (AvgIpc) is 2.19. The zero-order chi connectivity index (χ0) is 9.52. The second-order valence-electron chi connectivity index (χ2n) is 3.35. The van der Waals surface area contributed by atoms with E-state index in [-0.39, 0.29) is 0 Å². The summed E-state index contributed by atoms with van der Waals surface area (Å²) in [6.07, 6.45) is 5.30. The van der Waals surface area contributed by atoms with Crippen LogP contribution in [0.4, 0.5) is 0 Å². The van der Waals surface area contributed by atoms with E-state index in [9.17, 15) is 0 Å². The van der Waals surface area contributed by atoms with Gasteiger partial charge in [-0.3, -0.25) is 0 Å². The number of hydrogen-bond donors (Lipinski definition) is 1. The van der Waals surface area contributed by atoms with E-state index in [0.717, 1.165) is 31.6 Å². The molecule has 13 heavy (non-hydrogen) atoms. The minimum absolute atomic E-state index is 0.940. The molecule has 76 valence electrons. The minimum atomic E-state index is 0.940. The van der Waals surface area contributed by atoms with Crippen LogP contribution in [0, 0.1) is 0 Å². The van der Waals surface area contributed by atoms with Crippen LogP contribution in [0.3, 0.4) is 0 Å². The predicted molar refractivity (Wildman–Crippen MR) is 57.9 cm³/mol. The summed E-state index contributed by atoms with van der Waals surface area (Å²) in [5.41, 5.74) is 0.959. The van der Waals surface area contributed by atoms with Crippen LogP contribution in [0.1, 0.15) is 19.3 Å². The van der Waals surface area contributed by atoms with Gasteiger partial charge in [0.05, 0.1) is 5.71 Å². The highest BCUT2D eigenvalue weighted by atomic mass is 32.2. The van der Waals surface area contributed by atoms with Crippen molar-refractivity contribution < 1.29 is 5.21 Å². The zero-order valence-corrected chi connectivity index (χ0v) is 9.02. The molecule has 1 N–H and O–H groups in total. The SMILES string of the molecule is CSCCCN1CCC(=NO)CC1. The van der Waals surface area contributed by atoms with Crippen LogP contribution in [0.25, 0.3) is 0 Å². The fraction of sp³-hybridized carbons (Fsp3) is 0.889. The van der Waals surface area contributed by atoms with Crippen molar-refractivity contribution >= 4 is 17.5 Å². The molecular weight excluding hydrogens is 184 g/mol. The van der Waals surface area contributed by atoms with Gasteiger partial charge in [0.2, 0.25) is 0 Å². The largest absolute Gasteiger partial charge is 0.411 e. The van der Waals surface area contributed by atoms with Crippen molar-refractivity contribution in [2.75, 3.05) is 31.6 Å². The molecule has 0 aromatic carbocycles. The molecule has 1 rings (SSSR count). The van der Waals surface area contributed by atoms with Gasteiger partial charge in [-0.2, -0.15) is 11.8 Å². The summed E-state index contributed by atoms with van der Waals surface area (Å²) >= 11 is 1.90. The predicted octanol–water partition coefficient (Wildman–Crippen LogP) is 1.67. The number of oxime groups is 1. The molecule has 0 amide bonds. The molecule has 0 atom stereocenters. The highest BCUT2D eigenvalue weighted by Gasteiger charge is 2.14. The maximum atomic E-state index is 8.56. The molecule has 4 heteroatoms. The Balaban J connectivity index is 2.10. The lowest BCUT2D eigenvalue weighted by atomic mass is 10.1. The molecule has 0 aromatic heterocycles. The molecule has 0 aliphatic carbocycles. The van der Waals surface area contributed by atoms with Crippen LogP contribution in [-0.2, 0) is 0 Å². The lowest BCUT2D eigenvalue weighted by Crippen LogP contribution is -2.34. The number of hydrogen-bond acceptors (Lipinski definition) is 4. The first-order valence-corrected chi connectivity index (χ1v) is 6.17. The van der Waals surface area contributed by atoms with Gasteiger partial charge < -0.3 is 10.1 Å². The molecule has 1 saturated heterocycles. The van der Waals surface area contributed by atoms with Crippen LogP contribution in [-0.4, -0.2) is 47.5 Å². The van der Waals surface area contributed by atoms with Crippen LogP contribution in [0.15, 0.2) is 5.16 Å². The summed E-state index contributed by atoms with van der Waals surface area (Å²) in [5.74, 6) is 1.25. The van der Waals surface area contributed by atoms with E-state index in [1.807, 2.05) is 11.8 Å². The molecular formula is C9H18N2OS. The molecule has 1 aliphatic rings. The Bertz CT molecular complexity index is 163. The molecule has 3 nitrogen and oxygen atoms in total. The Morgan fingerprint density at radius 2 is 2.15 bits per heavy atom. The fourth-order valence-corrected chi connectivity index (χ4v) is 1.99. The van der Waals surface area contributed by atoms with E-state index in [0.29, 0.717) is 0 Å². The molecule has 0 aromatic rings. The fourth-order valence-electron chi connectivity index (χ4n) is 1.57. The van der Waals surface area contributed by atoms with Gasteiger partial charge >= 0.3 is 0 Å². The van der Waals surface area contributed by atoms with E-state index in [2.05, 4.69) is 16.3 Å². The quantitative estimate of drug-likeness (QED) is 0.428. The molecule has 0 bridgehead atoms. The van der Waals surface area contributed by atoms with E-state index in [1.54, 1.807) is 0 Å². The highest BCUT2D eigenvalue weighted by Crippen LogP contribution is 2.08. The van der Waals surface area contributed by atoms with Gasteiger partial charge in [-0.1, -0.05) is 5.16 Å². The van der Waals surface area contributed by atoms with Gasteiger partial charge in [-0.15, -0.1) is 0 Å². The molecule has 0 unspecified atom stereocenters. The van der Waals surface area contributed by atoms with Gasteiger partial charge in [0, 0.05) is 25.9 Å². The van der Waals surface area contributed by atoms with Gasteiger partial charge in [-0.05, 0) is 25.0 Å². The summed E-state index contributed by atoms with van der Waals surface area (Å²) in [6.45, 7) is 3.32. The van der Waals surface area contributed by atoms with Gasteiger partial charge in [0.25, 0.3) is 0 Å². The molecule has 0 radical (unpaired) electrons. The standard InChI is InChI=1S/C9H18N2OS/c1-13-8-2-5-11-6-3-9(10-12)4-7-11/h12H,2-8H2,1H3. The third kappa shape index (κ3) is 4.00. The van der Waals surface area contributed by atoms with E-state index < -0.39 is 0 Å². The van der Waals surface area contributed by atoms with Crippen molar-refractivity contribution in [1.29, 1.82) is 0 Å². The number of rotatable bonds is 4. The van der Waals surface area contributed by atoms with Crippen molar-refractivity contribution in [2.24, 2.45) is 5.16 Å². The third-order valence-corrected chi connectivity index (χ3v) is 3.09. The van der Waals surface area contributed by atoms with E-state index in [1.165, 1.54) is 18.7 Å². The number of thioether (sulfide) groups is 1. The van der Waals surface area contributed by atoms with Gasteiger partial charge in [0.15, 0.2) is 0 Å². The summed E-state index contributed by atoms with van der Waals surface area (Å²) in [7, 11) is 0. The minimum Gasteiger partial charge on any atom is -0.411 e. The number of nitrogens with zero attached hydrogens (tertiary/aromatic N) is 2. The molecule has 1 heterocycles. The second-order valence-corrected chi connectivity index (χ2v) is 4.34. The molecule has 1 aliphatic heterocycles. The Labute approximate surface area is 84.2 Å². The van der Waals surface area contributed by atoms with Gasteiger partial charge in [-0.25, -0.2) is 0 Å². The summed E-state index contributed by atoms with van der Waals surface area (Å²) < 4.78 is 0. The molecule has 1 fully saturated rings. The monoisotopic (exact) mass is 202 g/mol. The lowest BCUT2D eigenvalue weighted by Gasteiger charge is -2.26. The van der Waals surface area contributed by atoms with Crippen molar-refractivity contribution in [3.05, 3.63) is 0 Å². The smallest absolute Gasteiger partial charge is 0.0596 e. The van der Waals surface area contributed by atoms with Crippen molar-refractivity contribution in [1.82, 2.24) is 4.90 Å². The summed E-state index contributed by atoms with van der Waals surface area (Å²) in [6, 6.07) is 0. The topological polar surface area (TPSA) is 35.8 Å². The van der Waals surface area contributed by atoms with Crippen molar-refractivity contribution in [3.63, 3.8) is 0 Å². The van der Waals surface area contributed by atoms with Crippen molar-refractivity contribution in [3.8, 4) is 0 Å². The first kappa shape index (κ1) is 10.9. The molecule has 0 saturated carbocycles. The van der Waals surface area contributed by atoms with Crippen molar-refractivity contribution in [2.45, 2.75) is 19.3 Å². The maximum Gasteiger partial charge on any atom is 0.0596 e. The molecule has 0 spiro atoms. The van der Waals surface area contributed by atoms with Crippen LogP contribution in [0.5, 0.6) is 0 Å². The Kier molecular flexibility index (Phi) is 5.23. The second kappa shape index (κ2) is 6.27.